The molecule has 2 aromatic rings. The number of halogens is 1. The van der Waals surface area contributed by atoms with Crippen molar-refractivity contribution in [3.05, 3.63) is 29.7 Å². The predicted molar refractivity (Wildman–Crippen MR) is 95.3 cm³/mol. The Bertz CT molecular complexity index is 739. The summed E-state index contributed by atoms with van der Waals surface area (Å²) in [6, 6.07) is 5.29. The molecule has 0 amide bonds. The number of benzene rings is 1. The van der Waals surface area contributed by atoms with Crippen LogP contribution < -0.4 is 10.1 Å². The number of likely N-dealkylation sites (tertiary alicyclic amines) is 1. The Morgan fingerprint density at radius 2 is 2.20 bits per heavy atom. The fraction of sp³-hybridized carbons (Fsp3) is 0.500. The van der Waals surface area contributed by atoms with Gasteiger partial charge in [-0.15, -0.1) is 10.2 Å². The molecule has 0 aliphatic carbocycles. The van der Waals surface area contributed by atoms with Crippen molar-refractivity contribution in [2.24, 2.45) is 0 Å². The molecular weight excluding hydrogens is 321 g/mol. The number of hydrogen-bond donors (Lipinski definition) is 1. The number of aromatic nitrogens is 3. The van der Waals surface area contributed by atoms with Crippen molar-refractivity contribution < 1.29 is 9.13 Å². The number of aryl methyl sites for hydroxylation is 1. The summed E-state index contributed by atoms with van der Waals surface area (Å²) in [6.45, 7) is 3.78. The largest absolute Gasteiger partial charge is 0.497 e. The van der Waals surface area contributed by atoms with Gasteiger partial charge in [0, 0.05) is 24.2 Å². The highest BCUT2D eigenvalue weighted by Crippen LogP contribution is 2.26. The van der Waals surface area contributed by atoms with E-state index < -0.39 is 5.82 Å². The van der Waals surface area contributed by atoms with Crippen LogP contribution in [-0.4, -0.2) is 53.4 Å². The Morgan fingerprint density at radius 1 is 1.36 bits per heavy atom. The second kappa shape index (κ2) is 7.74. The van der Waals surface area contributed by atoms with Crippen LogP contribution in [0.25, 0.3) is 11.3 Å². The molecule has 25 heavy (non-hydrogen) atoms. The van der Waals surface area contributed by atoms with Gasteiger partial charge in [-0.2, -0.15) is 0 Å². The summed E-state index contributed by atoms with van der Waals surface area (Å²) in [7, 11) is 3.67. The van der Waals surface area contributed by atoms with Gasteiger partial charge in [0.15, 0.2) is 0 Å². The molecule has 1 saturated heterocycles. The molecule has 6 nitrogen and oxygen atoms in total. The maximum Gasteiger partial charge on any atom is 0.242 e. The van der Waals surface area contributed by atoms with Crippen molar-refractivity contribution in [1.29, 1.82) is 0 Å². The summed E-state index contributed by atoms with van der Waals surface area (Å²) in [5, 5.41) is 11.5. The van der Waals surface area contributed by atoms with Crippen molar-refractivity contribution in [2.75, 3.05) is 32.6 Å². The van der Waals surface area contributed by atoms with E-state index in [1.807, 2.05) is 6.92 Å². The van der Waals surface area contributed by atoms with Crippen molar-refractivity contribution in [2.45, 2.75) is 32.2 Å². The molecule has 134 valence electrons. The Kier molecular flexibility index (Phi) is 5.43. The number of rotatable bonds is 6. The van der Waals surface area contributed by atoms with Gasteiger partial charge in [-0.3, -0.25) is 0 Å². The first-order valence-corrected chi connectivity index (χ1v) is 8.58. The first-order valence-electron chi connectivity index (χ1n) is 8.58. The number of hydrogen-bond acceptors (Lipinski definition) is 6. The van der Waals surface area contributed by atoms with E-state index in [2.05, 4.69) is 32.4 Å². The zero-order valence-corrected chi connectivity index (χ0v) is 14.9. The average molecular weight is 345 g/mol. The number of nitrogens with one attached hydrogen (secondary N) is 1. The Hall–Kier alpha value is -2.28. The molecule has 1 N–H and O–H groups in total. The lowest BCUT2D eigenvalue weighted by atomic mass is 10.1. The number of nitrogens with zero attached hydrogens (tertiary/aromatic N) is 4. The second-order valence-electron chi connectivity index (χ2n) is 6.41. The highest BCUT2D eigenvalue weighted by molar-refractivity contribution is 5.63. The third-order valence-corrected chi connectivity index (χ3v) is 4.72. The van der Waals surface area contributed by atoms with Gasteiger partial charge in [0.2, 0.25) is 5.95 Å². The Balaban J connectivity index is 1.66. The van der Waals surface area contributed by atoms with E-state index in [-0.39, 0.29) is 0 Å². The van der Waals surface area contributed by atoms with Gasteiger partial charge in [-0.05, 0) is 51.9 Å². The molecule has 1 unspecified atom stereocenters. The molecule has 1 aliphatic rings. The van der Waals surface area contributed by atoms with Crippen LogP contribution in [0.4, 0.5) is 10.3 Å². The van der Waals surface area contributed by atoms with Crippen molar-refractivity contribution in [3.63, 3.8) is 0 Å². The molecule has 1 aliphatic heterocycles. The summed E-state index contributed by atoms with van der Waals surface area (Å²) >= 11 is 0. The maximum absolute atomic E-state index is 14.2. The quantitative estimate of drug-likeness (QED) is 0.869. The number of anilines is 1. The highest BCUT2D eigenvalue weighted by Gasteiger charge is 2.20. The predicted octanol–water partition coefficient (Wildman–Crippen LogP) is 2.89. The SMILES string of the molecule is COc1ccc(-c2nnc(NCCC3CCCN3C)nc2C)c(F)c1. The third kappa shape index (κ3) is 4.04. The summed E-state index contributed by atoms with van der Waals surface area (Å²) in [5.74, 6) is 0.550. The molecule has 1 aromatic heterocycles. The van der Waals surface area contributed by atoms with Crippen molar-refractivity contribution in [3.8, 4) is 17.0 Å². The average Bonchev–Trinajstić information content (AvgIpc) is 3.00. The summed E-state index contributed by atoms with van der Waals surface area (Å²) < 4.78 is 19.2. The molecule has 0 saturated carbocycles. The molecule has 1 fully saturated rings. The first kappa shape index (κ1) is 17.5. The van der Waals surface area contributed by atoms with Crippen LogP contribution in [0, 0.1) is 12.7 Å². The zero-order chi connectivity index (χ0) is 17.8. The molecule has 1 aromatic carbocycles. The van der Waals surface area contributed by atoms with Crippen LogP contribution in [0.5, 0.6) is 5.75 Å². The minimum absolute atomic E-state index is 0.373. The zero-order valence-electron chi connectivity index (χ0n) is 14.9. The second-order valence-corrected chi connectivity index (χ2v) is 6.41. The van der Waals surface area contributed by atoms with Crippen LogP contribution in [-0.2, 0) is 0 Å². The fourth-order valence-corrected chi connectivity index (χ4v) is 3.24. The van der Waals surface area contributed by atoms with Crippen LogP contribution in [0.3, 0.4) is 0 Å². The molecule has 1 atom stereocenters. The van der Waals surface area contributed by atoms with Gasteiger partial charge in [0.05, 0.1) is 12.8 Å². The molecule has 3 rings (SSSR count). The van der Waals surface area contributed by atoms with E-state index in [0.717, 1.165) is 13.0 Å². The maximum atomic E-state index is 14.2. The number of ether oxygens (including phenoxy) is 1. The highest BCUT2D eigenvalue weighted by atomic mass is 19.1. The van der Waals surface area contributed by atoms with Crippen LogP contribution in [0.1, 0.15) is 25.0 Å². The van der Waals surface area contributed by atoms with Crippen LogP contribution >= 0.6 is 0 Å². The number of methoxy groups -OCH3 is 1. The van der Waals surface area contributed by atoms with E-state index in [9.17, 15) is 4.39 Å². The lowest BCUT2D eigenvalue weighted by molar-refractivity contribution is 0.301. The van der Waals surface area contributed by atoms with Gasteiger partial charge < -0.3 is 15.0 Å². The van der Waals surface area contributed by atoms with Crippen molar-refractivity contribution in [1.82, 2.24) is 20.1 Å². The lowest BCUT2D eigenvalue weighted by Gasteiger charge is -2.19. The van der Waals surface area contributed by atoms with Gasteiger partial charge in [-0.1, -0.05) is 0 Å². The van der Waals surface area contributed by atoms with Crippen LogP contribution in [0.2, 0.25) is 0 Å². The summed E-state index contributed by atoms with van der Waals surface area (Å²) in [6.07, 6.45) is 3.56. The van der Waals surface area contributed by atoms with E-state index >= 15 is 0 Å². The van der Waals surface area contributed by atoms with Crippen molar-refractivity contribution >= 4 is 5.95 Å². The van der Waals surface area contributed by atoms with Gasteiger partial charge in [0.25, 0.3) is 0 Å². The van der Waals surface area contributed by atoms with Gasteiger partial charge in [0.1, 0.15) is 17.3 Å². The standard InChI is InChI=1S/C18H24FN5O/c1-12-17(15-7-6-14(25-3)11-16(15)19)22-23-18(21-12)20-9-8-13-5-4-10-24(13)2/h6-7,11,13H,4-5,8-10H2,1-3H3,(H,20,21,23). The Morgan fingerprint density at radius 3 is 2.84 bits per heavy atom. The molecule has 0 spiro atoms. The summed E-state index contributed by atoms with van der Waals surface area (Å²) in [4.78, 5) is 6.81. The fourth-order valence-electron chi connectivity index (χ4n) is 3.24. The van der Waals surface area contributed by atoms with E-state index in [0.29, 0.717) is 34.7 Å². The molecule has 7 heteroatoms. The molecular formula is C18H24FN5O. The summed E-state index contributed by atoms with van der Waals surface area (Å²) in [5.41, 5.74) is 1.46. The minimum atomic E-state index is -0.400. The Labute approximate surface area is 147 Å². The lowest BCUT2D eigenvalue weighted by Crippen LogP contribution is -2.27. The van der Waals surface area contributed by atoms with Gasteiger partial charge >= 0.3 is 0 Å². The topological polar surface area (TPSA) is 63.2 Å². The van der Waals surface area contributed by atoms with E-state index in [1.165, 1.54) is 32.6 Å². The molecule has 0 radical (unpaired) electrons. The van der Waals surface area contributed by atoms with E-state index in [1.54, 1.807) is 12.1 Å². The molecule has 0 bridgehead atoms. The monoisotopic (exact) mass is 345 g/mol. The third-order valence-electron chi connectivity index (χ3n) is 4.72. The van der Waals surface area contributed by atoms with Crippen LogP contribution in [0.15, 0.2) is 18.2 Å². The van der Waals surface area contributed by atoms with Gasteiger partial charge in [-0.25, -0.2) is 9.37 Å². The van der Waals surface area contributed by atoms with E-state index in [4.69, 9.17) is 4.74 Å². The smallest absolute Gasteiger partial charge is 0.242 e. The first-order chi connectivity index (χ1) is 12.1. The minimum Gasteiger partial charge on any atom is -0.497 e. The normalized spacial score (nSPS) is 17.7. The molecule has 2 heterocycles.